The number of halogens is 2. The van der Waals surface area contributed by atoms with Gasteiger partial charge in [0.15, 0.2) is 0 Å². The molecule has 0 radical (unpaired) electrons. The standard InChI is InChI=1S/C12H9BrClNO/c13-10-5-12(7-15-6-10)16-8-9-2-1-3-11(14)4-9/h1-7H,8H2. The highest BCUT2D eigenvalue weighted by atomic mass is 79.9. The lowest BCUT2D eigenvalue weighted by Crippen LogP contribution is -1.95. The average molecular weight is 299 g/mol. The van der Waals surface area contributed by atoms with E-state index >= 15 is 0 Å². The molecule has 0 bridgehead atoms. The summed E-state index contributed by atoms with van der Waals surface area (Å²) >= 11 is 9.21. The summed E-state index contributed by atoms with van der Waals surface area (Å²) in [6.07, 6.45) is 3.39. The van der Waals surface area contributed by atoms with Gasteiger partial charge < -0.3 is 4.74 Å². The van der Waals surface area contributed by atoms with Gasteiger partial charge in [0.25, 0.3) is 0 Å². The predicted octanol–water partition coefficient (Wildman–Crippen LogP) is 4.08. The lowest BCUT2D eigenvalue weighted by Gasteiger charge is -2.06. The van der Waals surface area contributed by atoms with Crippen molar-refractivity contribution in [2.45, 2.75) is 6.61 Å². The summed E-state index contributed by atoms with van der Waals surface area (Å²) in [7, 11) is 0. The summed E-state index contributed by atoms with van der Waals surface area (Å²) in [6, 6.07) is 9.47. The first-order valence-corrected chi connectivity index (χ1v) is 5.89. The van der Waals surface area contributed by atoms with Crippen LogP contribution in [0.3, 0.4) is 0 Å². The molecule has 0 aliphatic heterocycles. The summed E-state index contributed by atoms with van der Waals surface area (Å²) < 4.78 is 6.48. The Balaban J connectivity index is 2.02. The van der Waals surface area contributed by atoms with Crippen LogP contribution in [0.1, 0.15) is 5.56 Å². The molecule has 2 nitrogen and oxygen atoms in total. The minimum absolute atomic E-state index is 0.485. The van der Waals surface area contributed by atoms with Crippen LogP contribution in [0.4, 0.5) is 0 Å². The molecule has 0 aliphatic carbocycles. The first-order chi connectivity index (χ1) is 7.74. The Hall–Kier alpha value is -1.06. The van der Waals surface area contributed by atoms with E-state index in [0.717, 1.165) is 15.8 Å². The molecule has 4 heteroatoms. The molecule has 0 saturated heterocycles. The van der Waals surface area contributed by atoms with E-state index in [1.807, 2.05) is 30.3 Å². The third-order valence-electron chi connectivity index (χ3n) is 1.97. The van der Waals surface area contributed by atoms with Crippen molar-refractivity contribution in [1.29, 1.82) is 0 Å². The van der Waals surface area contributed by atoms with Gasteiger partial charge in [0.05, 0.1) is 6.20 Å². The first kappa shape index (κ1) is 11.4. The van der Waals surface area contributed by atoms with Crippen molar-refractivity contribution in [3.05, 3.63) is 57.8 Å². The summed E-state index contributed by atoms with van der Waals surface area (Å²) in [5.74, 6) is 0.731. The van der Waals surface area contributed by atoms with Gasteiger partial charge in [-0.25, -0.2) is 0 Å². The van der Waals surface area contributed by atoms with E-state index in [0.29, 0.717) is 11.6 Å². The molecule has 2 aromatic rings. The van der Waals surface area contributed by atoms with Crippen LogP contribution >= 0.6 is 27.5 Å². The quantitative estimate of drug-likeness (QED) is 0.852. The van der Waals surface area contributed by atoms with E-state index in [4.69, 9.17) is 16.3 Å². The van der Waals surface area contributed by atoms with Crippen LogP contribution in [-0.4, -0.2) is 4.98 Å². The van der Waals surface area contributed by atoms with E-state index in [1.165, 1.54) is 0 Å². The Morgan fingerprint density at radius 2 is 2.12 bits per heavy atom. The molecule has 2 rings (SSSR count). The van der Waals surface area contributed by atoms with Gasteiger partial charge in [-0.3, -0.25) is 4.98 Å². The lowest BCUT2D eigenvalue weighted by atomic mass is 10.2. The molecule has 0 saturated carbocycles. The molecule has 1 aromatic carbocycles. The van der Waals surface area contributed by atoms with Crippen LogP contribution < -0.4 is 4.74 Å². The van der Waals surface area contributed by atoms with Crippen LogP contribution in [0, 0.1) is 0 Å². The third-order valence-corrected chi connectivity index (χ3v) is 2.64. The van der Waals surface area contributed by atoms with Gasteiger partial charge in [-0.15, -0.1) is 0 Å². The second-order valence-corrected chi connectivity index (χ2v) is 4.61. The molecular formula is C12H9BrClNO. The molecule has 0 atom stereocenters. The summed E-state index contributed by atoms with van der Waals surface area (Å²) in [5.41, 5.74) is 1.03. The van der Waals surface area contributed by atoms with Crippen LogP contribution in [0.5, 0.6) is 5.75 Å². The number of nitrogens with zero attached hydrogens (tertiary/aromatic N) is 1. The number of rotatable bonds is 3. The maximum Gasteiger partial charge on any atom is 0.139 e. The highest BCUT2D eigenvalue weighted by molar-refractivity contribution is 9.10. The second kappa shape index (κ2) is 5.32. The second-order valence-electron chi connectivity index (χ2n) is 3.26. The van der Waals surface area contributed by atoms with Gasteiger partial charge in [-0.1, -0.05) is 23.7 Å². The number of ether oxygens (including phenoxy) is 1. The van der Waals surface area contributed by atoms with E-state index < -0.39 is 0 Å². The third kappa shape index (κ3) is 3.22. The molecule has 1 aromatic heterocycles. The normalized spacial score (nSPS) is 10.1. The molecule has 0 spiro atoms. The number of hydrogen-bond donors (Lipinski definition) is 0. The smallest absolute Gasteiger partial charge is 0.139 e. The fraction of sp³-hybridized carbons (Fsp3) is 0.0833. The zero-order valence-electron chi connectivity index (χ0n) is 8.36. The molecule has 82 valence electrons. The van der Waals surface area contributed by atoms with Crippen molar-refractivity contribution in [3.8, 4) is 5.75 Å². The fourth-order valence-electron chi connectivity index (χ4n) is 1.26. The lowest BCUT2D eigenvalue weighted by molar-refractivity contribution is 0.305. The van der Waals surface area contributed by atoms with E-state index in [-0.39, 0.29) is 0 Å². The topological polar surface area (TPSA) is 22.1 Å². The van der Waals surface area contributed by atoms with E-state index in [2.05, 4.69) is 20.9 Å². The molecule has 16 heavy (non-hydrogen) atoms. The molecule has 0 amide bonds. The Morgan fingerprint density at radius 1 is 1.25 bits per heavy atom. The average Bonchev–Trinajstić information content (AvgIpc) is 2.27. The highest BCUT2D eigenvalue weighted by Crippen LogP contribution is 2.18. The Labute approximate surface area is 107 Å². The summed E-state index contributed by atoms with van der Waals surface area (Å²) in [5, 5.41) is 0.716. The minimum atomic E-state index is 0.485. The minimum Gasteiger partial charge on any atom is -0.487 e. The van der Waals surface area contributed by atoms with Crippen LogP contribution in [0.2, 0.25) is 5.02 Å². The molecule has 0 aliphatic rings. The van der Waals surface area contributed by atoms with Crippen LogP contribution in [0.25, 0.3) is 0 Å². The number of benzene rings is 1. The number of hydrogen-bond acceptors (Lipinski definition) is 2. The number of pyridine rings is 1. The largest absolute Gasteiger partial charge is 0.487 e. The SMILES string of the molecule is Clc1cccc(COc2cncc(Br)c2)c1. The van der Waals surface area contributed by atoms with Crippen molar-refractivity contribution in [3.63, 3.8) is 0 Å². The predicted molar refractivity (Wildman–Crippen MR) is 67.7 cm³/mol. The first-order valence-electron chi connectivity index (χ1n) is 4.72. The molecule has 0 fully saturated rings. The van der Waals surface area contributed by atoms with Crippen molar-refractivity contribution < 1.29 is 4.74 Å². The van der Waals surface area contributed by atoms with Crippen LogP contribution in [0.15, 0.2) is 47.2 Å². The van der Waals surface area contributed by atoms with E-state index in [1.54, 1.807) is 12.4 Å². The van der Waals surface area contributed by atoms with Crippen LogP contribution in [-0.2, 0) is 6.61 Å². The number of aromatic nitrogens is 1. The zero-order valence-corrected chi connectivity index (χ0v) is 10.7. The summed E-state index contributed by atoms with van der Waals surface area (Å²) in [6.45, 7) is 0.485. The molecule has 0 N–H and O–H groups in total. The molecule has 0 unspecified atom stereocenters. The van der Waals surface area contributed by atoms with Crippen molar-refractivity contribution in [2.24, 2.45) is 0 Å². The zero-order chi connectivity index (χ0) is 11.4. The van der Waals surface area contributed by atoms with Crippen molar-refractivity contribution in [2.75, 3.05) is 0 Å². The van der Waals surface area contributed by atoms with E-state index in [9.17, 15) is 0 Å². The Bertz CT molecular complexity index is 444. The Morgan fingerprint density at radius 3 is 2.88 bits per heavy atom. The fourth-order valence-corrected chi connectivity index (χ4v) is 1.82. The van der Waals surface area contributed by atoms with Crippen molar-refractivity contribution in [1.82, 2.24) is 4.98 Å². The Kier molecular flexibility index (Phi) is 3.80. The van der Waals surface area contributed by atoms with Gasteiger partial charge in [0, 0.05) is 15.7 Å². The maximum absolute atomic E-state index is 5.88. The van der Waals surface area contributed by atoms with Gasteiger partial charge >= 0.3 is 0 Å². The van der Waals surface area contributed by atoms with Gasteiger partial charge in [0.2, 0.25) is 0 Å². The van der Waals surface area contributed by atoms with Gasteiger partial charge in [0.1, 0.15) is 12.4 Å². The molecular weight excluding hydrogens is 289 g/mol. The van der Waals surface area contributed by atoms with Gasteiger partial charge in [-0.2, -0.15) is 0 Å². The monoisotopic (exact) mass is 297 g/mol. The molecule has 1 heterocycles. The highest BCUT2D eigenvalue weighted by Gasteiger charge is 1.98. The van der Waals surface area contributed by atoms with Crippen molar-refractivity contribution >= 4 is 27.5 Å². The summed E-state index contributed by atoms with van der Waals surface area (Å²) in [4.78, 5) is 4.02. The van der Waals surface area contributed by atoms with Gasteiger partial charge in [-0.05, 0) is 39.7 Å². The maximum atomic E-state index is 5.88.